The normalized spacial score (nSPS) is 12.0. The maximum absolute atomic E-state index is 11.3. The van der Waals surface area contributed by atoms with Crippen molar-refractivity contribution in [1.29, 1.82) is 0 Å². The van der Waals surface area contributed by atoms with Gasteiger partial charge in [0.25, 0.3) is 0 Å². The lowest BCUT2D eigenvalue weighted by Crippen LogP contribution is -2.29. The molecule has 0 bridgehead atoms. The molecule has 0 radical (unpaired) electrons. The van der Waals surface area contributed by atoms with Crippen LogP contribution in [0.15, 0.2) is 42.5 Å². The topological polar surface area (TPSA) is 65.0 Å². The number of hydrogen-bond acceptors (Lipinski definition) is 4. The average molecular weight is 407 g/mol. The van der Waals surface area contributed by atoms with Gasteiger partial charge < -0.3 is 19.3 Å². The van der Waals surface area contributed by atoms with Gasteiger partial charge in [-0.15, -0.1) is 0 Å². The molecule has 152 valence electrons. The molecule has 2 aromatic rings. The van der Waals surface area contributed by atoms with E-state index in [0.717, 1.165) is 28.3 Å². The summed E-state index contributed by atoms with van der Waals surface area (Å²) in [5.41, 5.74) is 1.84. The molecule has 0 unspecified atom stereocenters. The summed E-state index contributed by atoms with van der Waals surface area (Å²) in [6.07, 6.45) is 0.000531. The SMILES string of the molecule is Cc1cc(OCCCOc2cccc(C[C@H](OC(C)C)C(=O)O)c2)ccc1Cl. The van der Waals surface area contributed by atoms with Gasteiger partial charge in [0.2, 0.25) is 0 Å². The Balaban J connectivity index is 1.79. The molecule has 1 atom stereocenters. The van der Waals surface area contributed by atoms with E-state index in [1.165, 1.54) is 0 Å². The zero-order chi connectivity index (χ0) is 20.5. The van der Waals surface area contributed by atoms with Crippen LogP contribution in [0.5, 0.6) is 11.5 Å². The number of carbonyl (C=O) groups is 1. The third kappa shape index (κ3) is 7.41. The Morgan fingerprint density at radius 1 is 1.07 bits per heavy atom. The summed E-state index contributed by atoms with van der Waals surface area (Å²) >= 11 is 6.00. The molecule has 1 N–H and O–H groups in total. The van der Waals surface area contributed by atoms with Gasteiger partial charge in [-0.25, -0.2) is 4.79 Å². The smallest absolute Gasteiger partial charge is 0.333 e. The van der Waals surface area contributed by atoms with Gasteiger partial charge in [-0.1, -0.05) is 23.7 Å². The number of carboxylic acids is 1. The molecule has 0 spiro atoms. The van der Waals surface area contributed by atoms with Crippen molar-refractivity contribution in [3.05, 3.63) is 58.6 Å². The summed E-state index contributed by atoms with van der Waals surface area (Å²) in [5, 5.41) is 10.0. The maximum Gasteiger partial charge on any atom is 0.333 e. The molecule has 0 saturated heterocycles. The van der Waals surface area contributed by atoms with E-state index in [1.54, 1.807) is 0 Å². The Kier molecular flexibility index (Phi) is 8.61. The molecule has 5 nitrogen and oxygen atoms in total. The van der Waals surface area contributed by atoms with Crippen LogP contribution in [0.3, 0.4) is 0 Å². The van der Waals surface area contributed by atoms with E-state index in [9.17, 15) is 9.90 Å². The number of carboxylic acid groups (broad SMARTS) is 1. The Morgan fingerprint density at radius 3 is 2.36 bits per heavy atom. The van der Waals surface area contributed by atoms with E-state index in [-0.39, 0.29) is 6.10 Å². The molecule has 0 saturated carbocycles. The van der Waals surface area contributed by atoms with Crippen LogP contribution in [-0.2, 0) is 16.0 Å². The summed E-state index contributed by atoms with van der Waals surface area (Å²) in [6.45, 7) is 6.61. The zero-order valence-electron chi connectivity index (χ0n) is 16.5. The van der Waals surface area contributed by atoms with Gasteiger partial charge in [-0.05, 0) is 62.2 Å². The molecule has 2 aromatic carbocycles. The number of benzene rings is 2. The minimum absolute atomic E-state index is 0.148. The van der Waals surface area contributed by atoms with Crippen molar-refractivity contribution in [2.45, 2.75) is 45.8 Å². The second-order valence-corrected chi connectivity index (χ2v) is 7.23. The van der Waals surface area contributed by atoms with Crippen molar-refractivity contribution in [2.24, 2.45) is 0 Å². The van der Waals surface area contributed by atoms with Crippen molar-refractivity contribution in [3.63, 3.8) is 0 Å². The van der Waals surface area contributed by atoms with E-state index in [4.69, 9.17) is 25.8 Å². The molecular weight excluding hydrogens is 380 g/mol. The highest BCUT2D eigenvalue weighted by atomic mass is 35.5. The number of aryl methyl sites for hydroxylation is 1. The standard InChI is InChI=1S/C22H27ClO5/c1-15(2)28-21(22(24)25)14-17-6-4-7-18(13-17)26-10-5-11-27-19-8-9-20(23)16(3)12-19/h4,6-9,12-13,15,21H,5,10-11,14H2,1-3H3,(H,24,25)/t21-/m0/s1. The Hall–Kier alpha value is -2.24. The predicted molar refractivity (Wildman–Crippen MR) is 110 cm³/mol. The summed E-state index contributed by atoms with van der Waals surface area (Å²) in [5.74, 6) is 0.525. The average Bonchev–Trinajstić information content (AvgIpc) is 2.63. The van der Waals surface area contributed by atoms with Crippen molar-refractivity contribution >= 4 is 17.6 Å². The first-order valence-electron chi connectivity index (χ1n) is 9.34. The number of ether oxygens (including phenoxy) is 3. The fourth-order valence-electron chi connectivity index (χ4n) is 2.64. The van der Waals surface area contributed by atoms with Crippen molar-refractivity contribution in [1.82, 2.24) is 0 Å². The van der Waals surface area contributed by atoms with Gasteiger partial charge in [-0.2, -0.15) is 0 Å². The molecule has 0 aliphatic rings. The minimum atomic E-state index is -0.963. The molecular formula is C22H27ClO5. The first kappa shape index (κ1) is 22.1. The van der Waals surface area contributed by atoms with Gasteiger partial charge in [0.15, 0.2) is 6.10 Å². The monoisotopic (exact) mass is 406 g/mol. The van der Waals surface area contributed by atoms with Crippen molar-refractivity contribution in [2.75, 3.05) is 13.2 Å². The predicted octanol–water partition coefficient (Wildman–Crippen LogP) is 4.92. The maximum atomic E-state index is 11.3. The Bertz CT molecular complexity index is 775. The van der Waals surface area contributed by atoms with Crippen LogP contribution in [0.1, 0.15) is 31.4 Å². The van der Waals surface area contributed by atoms with Crippen LogP contribution in [0.25, 0.3) is 0 Å². The van der Waals surface area contributed by atoms with E-state index < -0.39 is 12.1 Å². The van der Waals surface area contributed by atoms with Crippen LogP contribution in [0, 0.1) is 6.92 Å². The fraction of sp³-hybridized carbons (Fsp3) is 0.409. The molecule has 28 heavy (non-hydrogen) atoms. The summed E-state index contributed by atoms with van der Waals surface area (Å²) in [7, 11) is 0. The first-order chi connectivity index (χ1) is 13.3. The van der Waals surface area contributed by atoms with Gasteiger partial charge in [0.05, 0.1) is 19.3 Å². The lowest BCUT2D eigenvalue weighted by molar-refractivity contribution is -0.153. The summed E-state index contributed by atoms with van der Waals surface area (Å²) in [4.78, 5) is 11.3. The largest absolute Gasteiger partial charge is 0.493 e. The van der Waals surface area contributed by atoms with Crippen LogP contribution >= 0.6 is 11.6 Å². The number of aliphatic carboxylic acids is 1. The van der Waals surface area contributed by atoms with E-state index in [1.807, 2.05) is 63.2 Å². The Labute approximate surface area is 171 Å². The fourth-order valence-corrected chi connectivity index (χ4v) is 2.76. The van der Waals surface area contributed by atoms with Crippen LogP contribution in [-0.4, -0.2) is 36.5 Å². The number of halogens is 1. The summed E-state index contributed by atoms with van der Waals surface area (Å²) < 4.78 is 16.9. The highest BCUT2D eigenvalue weighted by Crippen LogP contribution is 2.21. The molecule has 2 rings (SSSR count). The van der Waals surface area contributed by atoms with Crippen LogP contribution in [0.2, 0.25) is 5.02 Å². The van der Waals surface area contributed by atoms with E-state index >= 15 is 0 Å². The van der Waals surface area contributed by atoms with Crippen LogP contribution < -0.4 is 9.47 Å². The molecule has 0 aliphatic heterocycles. The lowest BCUT2D eigenvalue weighted by atomic mass is 10.1. The second-order valence-electron chi connectivity index (χ2n) is 6.82. The van der Waals surface area contributed by atoms with Gasteiger partial charge in [0, 0.05) is 17.9 Å². The van der Waals surface area contributed by atoms with E-state index in [0.29, 0.717) is 25.4 Å². The third-order valence-electron chi connectivity index (χ3n) is 3.99. The van der Waals surface area contributed by atoms with Crippen molar-refractivity contribution in [3.8, 4) is 11.5 Å². The van der Waals surface area contributed by atoms with Gasteiger partial charge in [0.1, 0.15) is 11.5 Å². The highest BCUT2D eigenvalue weighted by molar-refractivity contribution is 6.31. The second kappa shape index (κ2) is 10.9. The molecule has 0 aromatic heterocycles. The zero-order valence-corrected chi connectivity index (χ0v) is 17.2. The third-order valence-corrected chi connectivity index (χ3v) is 4.41. The van der Waals surface area contributed by atoms with Gasteiger partial charge in [-0.3, -0.25) is 0 Å². The first-order valence-corrected chi connectivity index (χ1v) is 9.72. The quantitative estimate of drug-likeness (QED) is 0.537. The molecule has 0 amide bonds. The molecule has 0 heterocycles. The van der Waals surface area contributed by atoms with E-state index in [2.05, 4.69) is 0 Å². The molecule has 6 heteroatoms. The minimum Gasteiger partial charge on any atom is -0.493 e. The lowest BCUT2D eigenvalue weighted by Gasteiger charge is -2.17. The van der Waals surface area contributed by atoms with Crippen molar-refractivity contribution < 1.29 is 24.1 Å². The number of rotatable bonds is 11. The van der Waals surface area contributed by atoms with Gasteiger partial charge >= 0.3 is 5.97 Å². The van der Waals surface area contributed by atoms with Crippen LogP contribution in [0.4, 0.5) is 0 Å². The summed E-state index contributed by atoms with van der Waals surface area (Å²) in [6, 6.07) is 13.0. The molecule has 0 fully saturated rings. The highest BCUT2D eigenvalue weighted by Gasteiger charge is 2.20. The molecule has 0 aliphatic carbocycles. The Morgan fingerprint density at radius 2 is 1.75 bits per heavy atom. The number of hydrogen-bond donors (Lipinski definition) is 1.